The SMILES string of the molecule is c1ccc(-c2ccc(N(c3ccc(-c4cccc5c4oc4ccccc45)cc3)c3ccc(-c4ccc(-c5cccc6c5sc5ccccc56)cc4)c4oc5c6ccccc6ccc5c34)cc2)cc1. The molecule has 0 saturated heterocycles. The molecule has 0 aliphatic carbocycles. The van der Waals surface area contributed by atoms with Crippen LogP contribution in [0.4, 0.5) is 17.1 Å². The predicted octanol–water partition coefficient (Wildman–Crippen LogP) is 19.1. The van der Waals surface area contributed by atoms with Gasteiger partial charge in [-0.05, 0) is 93.4 Å². The second-order valence-electron chi connectivity index (χ2n) is 17.5. The van der Waals surface area contributed by atoms with Crippen LogP contribution in [0.3, 0.4) is 0 Å². The Morgan fingerprint density at radius 1 is 0.309 bits per heavy atom. The minimum Gasteiger partial charge on any atom is -0.455 e. The summed E-state index contributed by atoms with van der Waals surface area (Å²) in [4.78, 5) is 2.38. The molecule has 318 valence electrons. The van der Waals surface area contributed by atoms with Crippen LogP contribution in [-0.2, 0) is 0 Å². The van der Waals surface area contributed by atoms with E-state index in [4.69, 9.17) is 8.83 Å². The van der Waals surface area contributed by atoms with Crippen LogP contribution in [0.1, 0.15) is 0 Å². The lowest BCUT2D eigenvalue weighted by Gasteiger charge is -2.27. The number of hydrogen-bond acceptors (Lipinski definition) is 4. The van der Waals surface area contributed by atoms with Crippen LogP contribution in [-0.4, -0.2) is 0 Å². The van der Waals surface area contributed by atoms with E-state index < -0.39 is 0 Å². The first kappa shape index (κ1) is 38.6. The van der Waals surface area contributed by atoms with E-state index in [0.29, 0.717) is 0 Å². The summed E-state index contributed by atoms with van der Waals surface area (Å²) in [5.74, 6) is 0. The first-order valence-electron chi connectivity index (χ1n) is 23.1. The number of thiophene rings is 1. The van der Waals surface area contributed by atoms with Crippen molar-refractivity contribution < 1.29 is 8.83 Å². The quantitative estimate of drug-likeness (QED) is 0.160. The molecule has 11 aromatic carbocycles. The van der Waals surface area contributed by atoms with Crippen molar-refractivity contribution in [2.24, 2.45) is 0 Å². The summed E-state index contributed by atoms with van der Waals surface area (Å²) >= 11 is 1.87. The highest BCUT2D eigenvalue weighted by Gasteiger charge is 2.24. The first-order valence-corrected chi connectivity index (χ1v) is 23.9. The number of hydrogen-bond donors (Lipinski definition) is 0. The number of benzene rings is 11. The Bertz CT molecular complexity index is 4240. The van der Waals surface area contributed by atoms with Gasteiger partial charge in [0, 0.05) is 64.2 Å². The third-order valence-electron chi connectivity index (χ3n) is 13.7. The Balaban J connectivity index is 0.949. The number of nitrogens with zero attached hydrogens (tertiary/aromatic N) is 1. The lowest BCUT2D eigenvalue weighted by atomic mass is 9.96. The molecule has 0 fully saturated rings. The van der Waals surface area contributed by atoms with Crippen LogP contribution < -0.4 is 4.90 Å². The molecule has 0 bridgehead atoms. The number of fused-ring (bicyclic) bond motifs is 11. The summed E-state index contributed by atoms with van der Waals surface area (Å²) in [5, 5.41) is 9.22. The molecule has 0 N–H and O–H groups in total. The van der Waals surface area contributed by atoms with Gasteiger partial charge in [0.05, 0.1) is 11.1 Å². The molecular formula is C64H39NO2S. The highest BCUT2D eigenvalue weighted by atomic mass is 32.1. The maximum Gasteiger partial charge on any atom is 0.145 e. The van der Waals surface area contributed by atoms with Crippen molar-refractivity contribution in [1.29, 1.82) is 0 Å². The zero-order chi connectivity index (χ0) is 44.7. The molecule has 68 heavy (non-hydrogen) atoms. The second kappa shape index (κ2) is 15.5. The van der Waals surface area contributed by atoms with Gasteiger partial charge in [0.1, 0.15) is 22.3 Å². The van der Waals surface area contributed by atoms with E-state index in [0.717, 1.165) is 99.5 Å². The van der Waals surface area contributed by atoms with Crippen molar-refractivity contribution in [1.82, 2.24) is 0 Å². The fraction of sp³-hybridized carbons (Fsp3) is 0. The topological polar surface area (TPSA) is 29.5 Å². The summed E-state index contributed by atoms with van der Waals surface area (Å²) in [6.45, 7) is 0. The monoisotopic (exact) mass is 885 g/mol. The molecule has 0 saturated carbocycles. The van der Waals surface area contributed by atoms with E-state index in [1.54, 1.807) is 0 Å². The Morgan fingerprint density at radius 2 is 0.882 bits per heavy atom. The van der Waals surface area contributed by atoms with Gasteiger partial charge in [0.15, 0.2) is 0 Å². The Hall–Kier alpha value is -8.70. The number of para-hydroxylation sites is 2. The molecule has 14 aromatic rings. The minimum absolute atomic E-state index is 0.854. The zero-order valence-electron chi connectivity index (χ0n) is 36.7. The highest BCUT2D eigenvalue weighted by molar-refractivity contribution is 7.26. The molecule has 0 unspecified atom stereocenters. The van der Waals surface area contributed by atoms with Crippen LogP contribution in [0, 0.1) is 0 Å². The Labute approximate surface area is 396 Å². The van der Waals surface area contributed by atoms with Crippen LogP contribution >= 0.6 is 11.3 Å². The molecule has 4 heteroatoms. The molecule has 3 aromatic heterocycles. The summed E-state index contributed by atoms with van der Waals surface area (Å²) in [5.41, 5.74) is 15.7. The highest BCUT2D eigenvalue weighted by Crippen LogP contribution is 2.49. The van der Waals surface area contributed by atoms with Crippen molar-refractivity contribution in [3.8, 4) is 44.5 Å². The molecule has 0 amide bonds. The van der Waals surface area contributed by atoms with Gasteiger partial charge < -0.3 is 13.7 Å². The van der Waals surface area contributed by atoms with Gasteiger partial charge in [-0.1, -0.05) is 182 Å². The molecule has 0 radical (unpaired) electrons. The van der Waals surface area contributed by atoms with Gasteiger partial charge in [-0.2, -0.15) is 0 Å². The Morgan fingerprint density at radius 3 is 1.66 bits per heavy atom. The minimum atomic E-state index is 0.854. The molecule has 0 atom stereocenters. The largest absolute Gasteiger partial charge is 0.455 e. The van der Waals surface area contributed by atoms with Crippen LogP contribution in [0.2, 0.25) is 0 Å². The van der Waals surface area contributed by atoms with Crippen LogP contribution in [0.5, 0.6) is 0 Å². The summed E-state index contributed by atoms with van der Waals surface area (Å²) in [6.07, 6.45) is 0. The first-order chi connectivity index (χ1) is 33.7. The maximum absolute atomic E-state index is 7.20. The van der Waals surface area contributed by atoms with E-state index in [-0.39, 0.29) is 0 Å². The predicted molar refractivity (Wildman–Crippen MR) is 288 cm³/mol. The van der Waals surface area contributed by atoms with E-state index in [1.165, 1.54) is 36.9 Å². The second-order valence-corrected chi connectivity index (χ2v) is 18.6. The molecule has 3 heterocycles. The standard InChI is InChI=1S/C64H39NO2S/c1-2-12-40(13-3-1)41-28-33-46(34-29-41)65(47-35-30-44(31-36-47)49-18-10-20-54-52-16-6-8-22-58(52)66-61(49)54)57-39-38-50(63-60(57)56-37-32-42-14-4-5-15-48(42)62(56)67-63)43-24-26-45(27-25-43)51-19-11-21-55-53-17-7-9-23-59(53)68-64(51)55/h1-39H. The smallest absolute Gasteiger partial charge is 0.145 e. The average molecular weight is 886 g/mol. The van der Waals surface area contributed by atoms with E-state index in [9.17, 15) is 0 Å². The third-order valence-corrected chi connectivity index (χ3v) is 14.9. The van der Waals surface area contributed by atoms with Crippen molar-refractivity contribution in [2.75, 3.05) is 4.90 Å². The fourth-order valence-electron chi connectivity index (χ4n) is 10.4. The van der Waals surface area contributed by atoms with Crippen molar-refractivity contribution in [3.05, 3.63) is 237 Å². The van der Waals surface area contributed by atoms with Crippen LogP contribution in [0.25, 0.3) is 119 Å². The molecule has 14 rings (SSSR count). The number of furan rings is 2. The van der Waals surface area contributed by atoms with Gasteiger partial charge in [-0.25, -0.2) is 0 Å². The lowest BCUT2D eigenvalue weighted by molar-refractivity contribution is 0.670. The van der Waals surface area contributed by atoms with Gasteiger partial charge in [0.2, 0.25) is 0 Å². The molecular weight excluding hydrogens is 847 g/mol. The maximum atomic E-state index is 7.20. The summed E-state index contributed by atoms with van der Waals surface area (Å²) in [6, 6.07) is 85.0. The fourth-order valence-corrected chi connectivity index (χ4v) is 11.7. The third kappa shape index (κ3) is 6.12. The molecule has 0 spiro atoms. The number of rotatable bonds is 7. The van der Waals surface area contributed by atoms with Crippen molar-refractivity contribution in [2.45, 2.75) is 0 Å². The molecule has 0 aliphatic rings. The average Bonchev–Trinajstić information content (AvgIpc) is 4.12. The number of anilines is 3. The normalized spacial score (nSPS) is 11.8. The van der Waals surface area contributed by atoms with Crippen molar-refractivity contribution in [3.63, 3.8) is 0 Å². The van der Waals surface area contributed by atoms with Gasteiger partial charge in [-0.15, -0.1) is 11.3 Å². The molecule has 0 aliphatic heterocycles. The van der Waals surface area contributed by atoms with Crippen LogP contribution in [0.15, 0.2) is 245 Å². The van der Waals surface area contributed by atoms with Gasteiger partial charge in [-0.3, -0.25) is 0 Å². The summed E-state index contributed by atoms with van der Waals surface area (Å²) in [7, 11) is 0. The lowest BCUT2D eigenvalue weighted by Crippen LogP contribution is -2.10. The van der Waals surface area contributed by atoms with E-state index in [2.05, 4.69) is 229 Å². The van der Waals surface area contributed by atoms with Gasteiger partial charge >= 0.3 is 0 Å². The Kier molecular flexibility index (Phi) is 8.76. The molecule has 3 nitrogen and oxygen atoms in total. The van der Waals surface area contributed by atoms with E-state index in [1.807, 2.05) is 23.5 Å². The summed E-state index contributed by atoms with van der Waals surface area (Å²) < 4.78 is 16.3. The zero-order valence-corrected chi connectivity index (χ0v) is 37.5. The van der Waals surface area contributed by atoms with Crippen molar-refractivity contribution >= 4 is 103 Å². The van der Waals surface area contributed by atoms with E-state index >= 15 is 0 Å². The van der Waals surface area contributed by atoms with Gasteiger partial charge in [0.25, 0.3) is 0 Å².